The van der Waals surface area contributed by atoms with Gasteiger partial charge in [0.2, 0.25) is 0 Å². The summed E-state index contributed by atoms with van der Waals surface area (Å²) < 4.78 is 0. The van der Waals surface area contributed by atoms with Crippen molar-refractivity contribution in [2.24, 2.45) is 0 Å². The highest BCUT2D eigenvalue weighted by molar-refractivity contribution is 5.56. The Balaban J connectivity index is 2.06. The molecule has 2 rings (SSSR count). The second kappa shape index (κ2) is 5.01. The SMILES string of the molecule is CC/C=C/c1ccc(N2CCCC2)cc1. The summed E-state index contributed by atoms with van der Waals surface area (Å²) in [5.74, 6) is 0. The lowest BCUT2D eigenvalue weighted by molar-refractivity contribution is 0.949. The Hall–Kier alpha value is -1.24. The largest absolute Gasteiger partial charge is 0.372 e. The molecule has 1 aromatic carbocycles. The highest BCUT2D eigenvalue weighted by Crippen LogP contribution is 2.20. The Bertz CT molecular complexity index is 318. The molecular weight excluding hydrogens is 182 g/mol. The van der Waals surface area contributed by atoms with Gasteiger partial charge >= 0.3 is 0 Å². The van der Waals surface area contributed by atoms with Crippen LogP contribution in [0.5, 0.6) is 0 Å². The molecule has 0 aliphatic carbocycles. The highest BCUT2D eigenvalue weighted by Gasteiger charge is 2.11. The van der Waals surface area contributed by atoms with E-state index < -0.39 is 0 Å². The van der Waals surface area contributed by atoms with Gasteiger partial charge in [-0.15, -0.1) is 0 Å². The summed E-state index contributed by atoms with van der Waals surface area (Å²) >= 11 is 0. The third-order valence-electron chi connectivity index (χ3n) is 2.91. The summed E-state index contributed by atoms with van der Waals surface area (Å²) in [4.78, 5) is 2.47. The van der Waals surface area contributed by atoms with Gasteiger partial charge in [0.25, 0.3) is 0 Å². The average Bonchev–Trinajstić information content (AvgIpc) is 2.80. The predicted octanol–water partition coefficient (Wildman–Crippen LogP) is 3.71. The van der Waals surface area contributed by atoms with Gasteiger partial charge in [0.1, 0.15) is 0 Å². The summed E-state index contributed by atoms with van der Waals surface area (Å²) in [6.45, 7) is 4.61. The number of nitrogens with zero attached hydrogens (tertiary/aromatic N) is 1. The number of rotatable bonds is 3. The quantitative estimate of drug-likeness (QED) is 0.720. The van der Waals surface area contributed by atoms with Crippen LogP contribution >= 0.6 is 0 Å². The molecule has 1 heteroatoms. The minimum absolute atomic E-state index is 1.11. The van der Waals surface area contributed by atoms with Gasteiger partial charge in [-0.2, -0.15) is 0 Å². The molecule has 1 nitrogen and oxygen atoms in total. The summed E-state index contributed by atoms with van der Waals surface area (Å²) in [6.07, 6.45) is 8.18. The zero-order chi connectivity index (χ0) is 10.5. The Kier molecular flexibility index (Phi) is 3.44. The molecule has 1 aromatic rings. The first-order chi connectivity index (χ1) is 7.40. The van der Waals surface area contributed by atoms with E-state index in [0.717, 1.165) is 6.42 Å². The molecule has 1 aliphatic rings. The lowest BCUT2D eigenvalue weighted by Crippen LogP contribution is -2.17. The number of benzene rings is 1. The molecule has 1 fully saturated rings. The van der Waals surface area contributed by atoms with Gasteiger partial charge in [0.15, 0.2) is 0 Å². The van der Waals surface area contributed by atoms with Gasteiger partial charge in [-0.25, -0.2) is 0 Å². The molecule has 80 valence electrons. The van der Waals surface area contributed by atoms with Crippen molar-refractivity contribution in [1.29, 1.82) is 0 Å². The number of hydrogen-bond donors (Lipinski definition) is 0. The van der Waals surface area contributed by atoms with Crippen molar-refractivity contribution in [2.75, 3.05) is 18.0 Å². The maximum Gasteiger partial charge on any atom is 0.0366 e. The summed E-state index contributed by atoms with van der Waals surface area (Å²) in [5, 5.41) is 0. The molecule has 0 atom stereocenters. The van der Waals surface area contributed by atoms with Crippen LogP contribution in [0.2, 0.25) is 0 Å². The van der Waals surface area contributed by atoms with Crippen molar-refractivity contribution < 1.29 is 0 Å². The number of allylic oxidation sites excluding steroid dienone is 1. The van der Waals surface area contributed by atoms with E-state index in [4.69, 9.17) is 0 Å². The van der Waals surface area contributed by atoms with Gasteiger partial charge in [-0.1, -0.05) is 31.2 Å². The third-order valence-corrected chi connectivity index (χ3v) is 2.91. The van der Waals surface area contributed by atoms with Gasteiger partial charge in [-0.3, -0.25) is 0 Å². The zero-order valence-corrected chi connectivity index (χ0v) is 9.45. The van der Waals surface area contributed by atoms with Crippen molar-refractivity contribution in [3.05, 3.63) is 35.9 Å². The standard InChI is InChI=1S/C14H19N/c1-2-3-6-13-7-9-14(10-8-13)15-11-4-5-12-15/h3,6-10H,2,4-5,11-12H2,1H3/b6-3+. The van der Waals surface area contributed by atoms with E-state index in [1.165, 1.54) is 37.2 Å². The molecule has 0 amide bonds. The topological polar surface area (TPSA) is 3.24 Å². The Morgan fingerprint density at radius 3 is 2.40 bits per heavy atom. The molecule has 1 aliphatic heterocycles. The molecule has 0 bridgehead atoms. The minimum Gasteiger partial charge on any atom is -0.372 e. The molecule has 0 spiro atoms. The first-order valence-corrected chi connectivity index (χ1v) is 5.91. The highest BCUT2D eigenvalue weighted by atomic mass is 15.1. The van der Waals surface area contributed by atoms with Crippen molar-refractivity contribution in [2.45, 2.75) is 26.2 Å². The molecule has 0 aromatic heterocycles. The summed E-state index contributed by atoms with van der Waals surface area (Å²) in [7, 11) is 0. The van der Waals surface area contributed by atoms with Crippen molar-refractivity contribution in [1.82, 2.24) is 0 Å². The fourth-order valence-electron chi connectivity index (χ4n) is 2.03. The van der Waals surface area contributed by atoms with E-state index in [0.29, 0.717) is 0 Å². The summed E-state index contributed by atoms with van der Waals surface area (Å²) in [5.41, 5.74) is 2.68. The predicted molar refractivity (Wildman–Crippen MR) is 67.2 cm³/mol. The van der Waals surface area contributed by atoms with E-state index >= 15 is 0 Å². The van der Waals surface area contributed by atoms with Crippen LogP contribution in [-0.4, -0.2) is 13.1 Å². The van der Waals surface area contributed by atoms with Crippen LogP contribution in [0.15, 0.2) is 30.3 Å². The van der Waals surface area contributed by atoms with Crippen LogP contribution in [-0.2, 0) is 0 Å². The molecular formula is C14H19N. The van der Waals surface area contributed by atoms with Gasteiger partial charge in [0, 0.05) is 18.8 Å². The molecule has 0 N–H and O–H groups in total. The fourth-order valence-corrected chi connectivity index (χ4v) is 2.03. The molecule has 0 saturated carbocycles. The van der Waals surface area contributed by atoms with E-state index in [2.05, 4.69) is 48.2 Å². The van der Waals surface area contributed by atoms with Crippen molar-refractivity contribution in [3.63, 3.8) is 0 Å². The summed E-state index contributed by atoms with van der Waals surface area (Å²) in [6, 6.07) is 8.89. The smallest absolute Gasteiger partial charge is 0.0366 e. The monoisotopic (exact) mass is 201 g/mol. The Morgan fingerprint density at radius 1 is 1.13 bits per heavy atom. The molecule has 0 unspecified atom stereocenters. The number of hydrogen-bond acceptors (Lipinski definition) is 1. The minimum atomic E-state index is 1.11. The van der Waals surface area contributed by atoms with Crippen LogP contribution in [0.1, 0.15) is 31.7 Å². The van der Waals surface area contributed by atoms with Crippen molar-refractivity contribution >= 4 is 11.8 Å². The Labute approximate surface area is 92.4 Å². The van der Waals surface area contributed by atoms with E-state index in [1.807, 2.05) is 0 Å². The second-order valence-electron chi connectivity index (χ2n) is 4.10. The average molecular weight is 201 g/mol. The fraction of sp³-hybridized carbons (Fsp3) is 0.429. The van der Waals surface area contributed by atoms with E-state index in [9.17, 15) is 0 Å². The first-order valence-electron chi connectivity index (χ1n) is 5.91. The van der Waals surface area contributed by atoms with E-state index in [1.54, 1.807) is 0 Å². The van der Waals surface area contributed by atoms with Gasteiger partial charge < -0.3 is 4.90 Å². The van der Waals surface area contributed by atoms with Crippen LogP contribution < -0.4 is 4.90 Å². The molecule has 0 radical (unpaired) electrons. The van der Waals surface area contributed by atoms with Crippen molar-refractivity contribution in [3.8, 4) is 0 Å². The van der Waals surface area contributed by atoms with Gasteiger partial charge in [-0.05, 0) is 37.0 Å². The second-order valence-corrected chi connectivity index (χ2v) is 4.10. The lowest BCUT2D eigenvalue weighted by atomic mass is 10.2. The van der Waals surface area contributed by atoms with Crippen LogP contribution in [0.3, 0.4) is 0 Å². The van der Waals surface area contributed by atoms with Crippen LogP contribution in [0, 0.1) is 0 Å². The maximum absolute atomic E-state index is 2.47. The molecule has 15 heavy (non-hydrogen) atoms. The first kappa shape index (κ1) is 10.3. The van der Waals surface area contributed by atoms with Crippen LogP contribution in [0.4, 0.5) is 5.69 Å². The lowest BCUT2D eigenvalue weighted by Gasteiger charge is -2.17. The molecule has 1 heterocycles. The van der Waals surface area contributed by atoms with E-state index in [-0.39, 0.29) is 0 Å². The Morgan fingerprint density at radius 2 is 1.80 bits per heavy atom. The zero-order valence-electron chi connectivity index (χ0n) is 9.45. The number of anilines is 1. The normalized spacial score (nSPS) is 16.5. The van der Waals surface area contributed by atoms with Gasteiger partial charge in [0.05, 0.1) is 0 Å². The molecule has 1 saturated heterocycles. The van der Waals surface area contributed by atoms with Crippen LogP contribution in [0.25, 0.3) is 6.08 Å². The maximum atomic E-state index is 2.47. The third kappa shape index (κ3) is 2.62.